The highest BCUT2D eigenvalue weighted by atomic mass is 32.2. The van der Waals surface area contributed by atoms with Gasteiger partial charge in [0.2, 0.25) is 11.8 Å². The van der Waals surface area contributed by atoms with Crippen molar-refractivity contribution in [2.45, 2.75) is 4.90 Å². The van der Waals surface area contributed by atoms with Crippen molar-refractivity contribution in [3.63, 3.8) is 0 Å². The summed E-state index contributed by atoms with van der Waals surface area (Å²) in [5.74, 6) is -0.132. The Kier molecular flexibility index (Phi) is 4.75. The number of aromatic amines is 2. The third-order valence-corrected chi connectivity index (χ3v) is 5.34. The highest BCUT2D eigenvalue weighted by Crippen LogP contribution is 2.26. The van der Waals surface area contributed by atoms with Crippen LogP contribution in [-0.2, 0) is 10.0 Å². The molecule has 0 aliphatic heterocycles. The van der Waals surface area contributed by atoms with Crippen LogP contribution in [-0.4, -0.2) is 28.6 Å². The summed E-state index contributed by atoms with van der Waals surface area (Å²) < 4.78 is 45.8. The van der Waals surface area contributed by atoms with Gasteiger partial charge in [-0.25, -0.2) is 17.6 Å². The molecule has 2 heterocycles. The molecule has 0 bridgehead atoms. The fourth-order valence-electron chi connectivity index (χ4n) is 2.57. The lowest BCUT2D eigenvalue weighted by Crippen LogP contribution is -2.29. The first-order valence-electron chi connectivity index (χ1n) is 8.36. The van der Waals surface area contributed by atoms with Crippen LogP contribution in [0.1, 0.15) is 0 Å². The zero-order valence-corrected chi connectivity index (χ0v) is 15.7. The van der Waals surface area contributed by atoms with E-state index in [1.165, 1.54) is 36.4 Å². The molecule has 0 atom stereocenters. The van der Waals surface area contributed by atoms with Crippen molar-refractivity contribution < 1.29 is 17.2 Å². The number of benzene rings is 2. The molecule has 2 aromatic heterocycles. The van der Waals surface area contributed by atoms with Gasteiger partial charge in [-0.3, -0.25) is 14.5 Å². The zero-order valence-electron chi connectivity index (χ0n) is 14.9. The third kappa shape index (κ3) is 3.89. The molecule has 12 heteroatoms. The number of sulfonamides is 1. The van der Waals surface area contributed by atoms with Gasteiger partial charge >= 0.3 is 5.69 Å². The van der Waals surface area contributed by atoms with E-state index in [1.54, 1.807) is 12.1 Å². The van der Waals surface area contributed by atoms with E-state index in [-0.39, 0.29) is 17.5 Å². The second-order valence-electron chi connectivity index (χ2n) is 6.04. The third-order valence-electron chi connectivity index (χ3n) is 3.95. The maximum Gasteiger partial charge on any atom is 0.325 e. The summed E-state index contributed by atoms with van der Waals surface area (Å²) in [5.41, 5.74) is -0.826. The van der Waals surface area contributed by atoms with Crippen LogP contribution in [0.3, 0.4) is 0 Å². The van der Waals surface area contributed by atoms with Crippen LogP contribution in [0.5, 0.6) is 0 Å². The molecule has 3 N–H and O–H groups in total. The first-order valence-corrected chi connectivity index (χ1v) is 9.85. The van der Waals surface area contributed by atoms with Crippen molar-refractivity contribution in [1.82, 2.24) is 20.2 Å². The fourth-order valence-corrected chi connectivity index (χ4v) is 3.63. The summed E-state index contributed by atoms with van der Waals surface area (Å²) in [6.45, 7) is 0. The number of anilines is 1. The first-order chi connectivity index (χ1) is 14.3. The van der Waals surface area contributed by atoms with Gasteiger partial charge in [0.15, 0.2) is 4.90 Å². The van der Waals surface area contributed by atoms with Crippen molar-refractivity contribution in [3.8, 4) is 22.9 Å². The molecule has 0 aliphatic carbocycles. The Morgan fingerprint density at radius 3 is 2.37 bits per heavy atom. The molecule has 30 heavy (non-hydrogen) atoms. The predicted molar refractivity (Wildman–Crippen MR) is 104 cm³/mol. The molecule has 0 fully saturated rings. The van der Waals surface area contributed by atoms with Gasteiger partial charge in [-0.2, -0.15) is 0 Å². The highest BCUT2D eigenvalue weighted by Gasteiger charge is 2.19. The Bertz CT molecular complexity index is 1440. The molecule has 10 nitrogen and oxygen atoms in total. The van der Waals surface area contributed by atoms with Crippen molar-refractivity contribution in [2.24, 2.45) is 0 Å². The zero-order chi connectivity index (χ0) is 21.3. The molecule has 4 aromatic rings. The largest absolute Gasteiger partial charge is 0.416 e. The second kappa shape index (κ2) is 7.40. The van der Waals surface area contributed by atoms with Crippen LogP contribution in [0.4, 0.5) is 10.1 Å². The minimum Gasteiger partial charge on any atom is -0.416 e. The van der Waals surface area contributed by atoms with E-state index in [2.05, 4.69) is 19.9 Å². The number of rotatable bonds is 5. The van der Waals surface area contributed by atoms with Crippen molar-refractivity contribution in [2.75, 3.05) is 4.72 Å². The highest BCUT2D eigenvalue weighted by molar-refractivity contribution is 7.92. The lowest BCUT2D eigenvalue weighted by Gasteiger charge is -2.07. The molecule has 0 unspecified atom stereocenters. The number of hydrogen-bond donors (Lipinski definition) is 3. The van der Waals surface area contributed by atoms with Gasteiger partial charge in [-0.05, 0) is 42.5 Å². The van der Waals surface area contributed by atoms with Gasteiger partial charge in [-0.15, -0.1) is 10.2 Å². The summed E-state index contributed by atoms with van der Waals surface area (Å²) in [5, 5.41) is 7.83. The maximum atomic E-state index is 13.1. The summed E-state index contributed by atoms with van der Waals surface area (Å²) >= 11 is 0. The van der Waals surface area contributed by atoms with E-state index in [4.69, 9.17) is 4.42 Å². The molecule has 4 rings (SSSR count). The summed E-state index contributed by atoms with van der Waals surface area (Å²) in [4.78, 5) is 26.2. The SMILES string of the molecule is O=c1[nH]cc(S(=O)(=O)Nc2cccc(-c3nnc(-c4ccc(F)cc4)o3)c2)c(=O)[nH]1. The van der Waals surface area contributed by atoms with Crippen LogP contribution in [0, 0.1) is 5.82 Å². The molecule has 0 saturated carbocycles. The lowest BCUT2D eigenvalue weighted by atomic mass is 10.2. The van der Waals surface area contributed by atoms with Crippen molar-refractivity contribution >= 4 is 15.7 Å². The van der Waals surface area contributed by atoms with Crippen LogP contribution in [0.2, 0.25) is 0 Å². The number of nitrogens with zero attached hydrogens (tertiary/aromatic N) is 2. The summed E-state index contributed by atoms with van der Waals surface area (Å²) in [7, 11) is -4.27. The van der Waals surface area contributed by atoms with E-state index in [1.807, 2.05) is 4.98 Å². The summed E-state index contributed by atoms with van der Waals surface area (Å²) in [6, 6.07) is 11.5. The number of H-pyrrole nitrogens is 2. The molecule has 2 aromatic carbocycles. The Hall–Kier alpha value is -4.06. The molecule has 0 amide bonds. The van der Waals surface area contributed by atoms with Crippen molar-refractivity contribution in [1.29, 1.82) is 0 Å². The van der Waals surface area contributed by atoms with Gasteiger partial charge in [-0.1, -0.05) is 6.07 Å². The monoisotopic (exact) mass is 429 g/mol. The molecule has 0 spiro atoms. The molecular formula is C18H12FN5O5S. The lowest BCUT2D eigenvalue weighted by molar-refractivity contribution is 0.583. The normalized spacial score (nSPS) is 11.4. The van der Waals surface area contributed by atoms with E-state index in [0.29, 0.717) is 11.1 Å². The van der Waals surface area contributed by atoms with Crippen molar-refractivity contribution in [3.05, 3.63) is 81.4 Å². The van der Waals surface area contributed by atoms with Crippen LogP contribution in [0.15, 0.2) is 73.6 Å². The molecule has 0 aliphatic rings. The quantitative estimate of drug-likeness (QED) is 0.437. The van der Waals surface area contributed by atoms with Gasteiger partial charge in [0, 0.05) is 23.0 Å². The molecule has 0 radical (unpaired) electrons. The minimum absolute atomic E-state index is 0.109. The average Bonchev–Trinajstić information content (AvgIpc) is 3.18. The second-order valence-corrected chi connectivity index (χ2v) is 7.69. The van der Waals surface area contributed by atoms with E-state index < -0.39 is 32.0 Å². The standard InChI is InChI=1S/C18H12FN5O5S/c19-12-6-4-10(5-7-12)16-22-23-17(29-16)11-2-1-3-13(8-11)24-30(27,28)14-9-20-18(26)21-15(14)25/h1-9,24H,(H2,20,21,25,26). The van der Waals surface area contributed by atoms with E-state index in [0.717, 1.165) is 6.20 Å². The number of halogens is 1. The topological polar surface area (TPSA) is 151 Å². The Balaban J connectivity index is 1.62. The summed E-state index contributed by atoms with van der Waals surface area (Å²) in [6.07, 6.45) is 0.806. The smallest absolute Gasteiger partial charge is 0.325 e. The maximum absolute atomic E-state index is 13.1. The molecule has 0 saturated heterocycles. The molecular weight excluding hydrogens is 417 g/mol. The Morgan fingerprint density at radius 2 is 1.67 bits per heavy atom. The Labute approximate surface area is 167 Å². The van der Waals surface area contributed by atoms with Gasteiger partial charge in [0.1, 0.15) is 5.82 Å². The number of hydrogen-bond acceptors (Lipinski definition) is 7. The number of aromatic nitrogens is 4. The predicted octanol–water partition coefficient (Wildman–Crippen LogP) is 1.72. The minimum atomic E-state index is -4.27. The van der Waals surface area contributed by atoms with Crippen LogP contribution in [0.25, 0.3) is 22.9 Å². The molecule has 152 valence electrons. The first kappa shape index (κ1) is 19.3. The van der Waals surface area contributed by atoms with Gasteiger partial charge in [0.05, 0.1) is 0 Å². The van der Waals surface area contributed by atoms with Gasteiger partial charge in [0.25, 0.3) is 15.6 Å². The average molecular weight is 429 g/mol. The van der Waals surface area contributed by atoms with E-state index in [9.17, 15) is 22.4 Å². The fraction of sp³-hybridized carbons (Fsp3) is 0. The van der Waals surface area contributed by atoms with E-state index >= 15 is 0 Å². The number of nitrogens with one attached hydrogen (secondary N) is 3. The Morgan fingerprint density at radius 1 is 0.967 bits per heavy atom. The van der Waals surface area contributed by atoms with Crippen LogP contribution < -0.4 is 16.0 Å². The van der Waals surface area contributed by atoms with Gasteiger partial charge < -0.3 is 9.40 Å². The van der Waals surface area contributed by atoms with Crippen LogP contribution >= 0.6 is 0 Å².